The van der Waals surface area contributed by atoms with Crippen molar-refractivity contribution < 1.29 is 0 Å². The molecule has 0 aliphatic rings. The molecule has 102 valence electrons. The van der Waals surface area contributed by atoms with Crippen LogP contribution < -0.4 is 5.56 Å². The van der Waals surface area contributed by atoms with E-state index in [0.29, 0.717) is 4.47 Å². The van der Waals surface area contributed by atoms with Gasteiger partial charge in [-0.15, -0.1) is 0 Å². The minimum atomic E-state index is 0.0594. The maximum atomic E-state index is 11.8. The first kappa shape index (κ1) is 16.0. The molecule has 0 aromatic carbocycles. The van der Waals surface area contributed by atoms with Gasteiger partial charge >= 0.3 is 0 Å². The lowest BCUT2D eigenvalue weighted by molar-refractivity contribution is 0.541. The van der Waals surface area contributed by atoms with E-state index in [4.69, 9.17) is 0 Å². The van der Waals surface area contributed by atoms with Gasteiger partial charge in [-0.2, -0.15) is 0 Å². The van der Waals surface area contributed by atoms with Crippen molar-refractivity contribution in [2.75, 3.05) is 0 Å². The highest BCUT2D eigenvalue weighted by Crippen LogP contribution is 2.13. The largest absolute Gasteiger partial charge is 0.313 e. The van der Waals surface area contributed by atoms with Gasteiger partial charge < -0.3 is 4.57 Å². The van der Waals surface area contributed by atoms with Gasteiger partial charge in [0.25, 0.3) is 5.56 Å². The first-order valence-electron chi connectivity index (χ1n) is 6.70. The fraction of sp³-hybridized carbons (Fsp3) is 0.643. The smallest absolute Gasteiger partial charge is 0.264 e. The third-order valence-electron chi connectivity index (χ3n) is 3.01. The molecule has 0 fully saturated rings. The van der Waals surface area contributed by atoms with E-state index in [1.54, 1.807) is 10.6 Å². The summed E-state index contributed by atoms with van der Waals surface area (Å²) in [4.78, 5) is 11.8. The van der Waals surface area contributed by atoms with Gasteiger partial charge in [-0.1, -0.05) is 45.4 Å². The molecule has 1 heterocycles. The fourth-order valence-electron chi connectivity index (χ4n) is 1.97. The number of nitrogens with zero attached hydrogens (tertiary/aromatic N) is 1. The molecule has 4 heteroatoms. The van der Waals surface area contributed by atoms with E-state index < -0.39 is 0 Å². The van der Waals surface area contributed by atoms with Crippen LogP contribution in [0.5, 0.6) is 0 Å². The van der Waals surface area contributed by atoms with Crippen LogP contribution in [-0.2, 0) is 6.54 Å². The highest BCUT2D eigenvalue weighted by molar-refractivity contribution is 9.11. The number of hydrogen-bond donors (Lipinski definition) is 0. The number of aryl methyl sites for hydroxylation is 1. The Hall–Kier alpha value is -0.0900. The zero-order valence-corrected chi connectivity index (χ0v) is 14.1. The lowest BCUT2D eigenvalue weighted by Crippen LogP contribution is -2.20. The molecule has 0 amide bonds. The molecule has 18 heavy (non-hydrogen) atoms. The molecule has 0 saturated carbocycles. The second kappa shape index (κ2) is 8.92. The van der Waals surface area contributed by atoms with Gasteiger partial charge in [-0.05, 0) is 44.3 Å². The van der Waals surface area contributed by atoms with Crippen molar-refractivity contribution in [1.82, 2.24) is 4.57 Å². The molecular weight excluding hydrogens is 358 g/mol. The standard InChI is InChI=1S/C14H21Br2NO/c1-2-3-4-5-6-7-8-9-17-11-12(15)10-13(16)14(17)18/h10-11H,2-9H2,1H3. The molecule has 1 aromatic rings. The molecule has 0 aliphatic carbocycles. The lowest BCUT2D eigenvalue weighted by Gasteiger charge is -2.07. The Balaban J connectivity index is 2.29. The summed E-state index contributed by atoms with van der Waals surface area (Å²) >= 11 is 6.69. The Morgan fingerprint density at radius 1 is 1.06 bits per heavy atom. The van der Waals surface area contributed by atoms with Gasteiger partial charge in [-0.3, -0.25) is 4.79 Å². The van der Waals surface area contributed by atoms with Crippen LogP contribution >= 0.6 is 31.9 Å². The van der Waals surface area contributed by atoms with Crippen molar-refractivity contribution in [2.45, 2.75) is 58.4 Å². The van der Waals surface area contributed by atoms with Crippen molar-refractivity contribution >= 4 is 31.9 Å². The van der Waals surface area contributed by atoms with Crippen LogP contribution in [0.3, 0.4) is 0 Å². The first-order valence-corrected chi connectivity index (χ1v) is 8.29. The van der Waals surface area contributed by atoms with E-state index in [0.717, 1.165) is 17.4 Å². The second-order valence-corrected chi connectivity index (χ2v) is 6.40. The molecule has 0 N–H and O–H groups in total. The van der Waals surface area contributed by atoms with Crippen molar-refractivity contribution in [1.29, 1.82) is 0 Å². The molecule has 0 unspecified atom stereocenters. The third kappa shape index (κ3) is 5.70. The van der Waals surface area contributed by atoms with Crippen molar-refractivity contribution in [3.8, 4) is 0 Å². The molecule has 0 radical (unpaired) electrons. The van der Waals surface area contributed by atoms with Gasteiger partial charge in [0.2, 0.25) is 0 Å². The molecule has 0 spiro atoms. The first-order chi connectivity index (χ1) is 8.65. The number of halogens is 2. The summed E-state index contributed by atoms with van der Waals surface area (Å²) in [5.74, 6) is 0. The molecule has 0 bridgehead atoms. The highest BCUT2D eigenvalue weighted by Gasteiger charge is 2.02. The predicted molar refractivity (Wildman–Crippen MR) is 84.1 cm³/mol. The van der Waals surface area contributed by atoms with E-state index in [-0.39, 0.29) is 5.56 Å². The van der Waals surface area contributed by atoms with Crippen LogP contribution in [-0.4, -0.2) is 4.57 Å². The zero-order chi connectivity index (χ0) is 13.4. The van der Waals surface area contributed by atoms with E-state index in [9.17, 15) is 4.79 Å². The summed E-state index contributed by atoms with van der Waals surface area (Å²) in [5.41, 5.74) is 0.0594. The normalized spacial score (nSPS) is 10.8. The average molecular weight is 379 g/mol. The molecule has 0 saturated heterocycles. The Bertz CT molecular complexity index is 415. The minimum Gasteiger partial charge on any atom is -0.313 e. The van der Waals surface area contributed by atoms with E-state index in [1.807, 2.05) is 6.20 Å². The van der Waals surface area contributed by atoms with Crippen molar-refractivity contribution in [2.24, 2.45) is 0 Å². The van der Waals surface area contributed by atoms with Crippen LogP contribution in [0, 0.1) is 0 Å². The Labute approximate surface area is 126 Å². The summed E-state index contributed by atoms with van der Waals surface area (Å²) in [5, 5.41) is 0. The Kier molecular flexibility index (Phi) is 7.91. The molecule has 0 aliphatic heterocycles. The van der Waals surface area contributed by atoms with E-state index >= 15 is 0 Å². The summed E-state index contributed by atoms with van der Waals surface area (Å²) in [7, 11) is 0. The van der Waals surface area contributed by atoms with Crippen LogP contribution in [0.25, 0.3) is 0 Å². The number of aromatic nitrogens is 1. The monoisotopic (exact) mass is 377 g/mol. The van der Waals surface area contributed by atoms with E-state index in [1.165, 1.54) is 38.5 Å². The summed E-state index contributed by atoms with van der Waals surface area (Å²) in [6.07, 6.45) is 10.7. The molecule has 0 atom stereocenters. The quantitative estimate of drug-likeness (QED) is 0.575. The molecule has 1 rings (SSSR count). The van der Waals surface area contributed by atoms with Crippen LogP contribution in [0.15, 0.2) is 26.0 Å². The molecule has 2 nitrogen and oxygen atoms in total. The van der Waals surface area contributed by atoms with Crippen LogP contribution in [0.2, 0.25) is 0 Å². The van der Waals surface area contributed by atoms with Gasteiger partial charge in [0.05, 0.1) is 4.47 Å². The predicted octanol–water partition coefficient (Wildman–Crippen LogP) is 5.12. The third-order valence-corrected chi connectivity index (χ3v) is 4.01. The summed E-state index contributed by atoms with van der Waals surface area (Å²) in [6, 6.07) is 1.80. The van der Waals surface area contributed by atoms with Gasteiger partial charge in [0.15, 0.2) is 0 Å². The maximum Gasteiger partial charge on any atom is 0.264 e. The average Bonchev–Trinajstić information content (AvgIpc) is 2.33. The zero-order valence-electron chi connectivity index (χ0n) is 10.9. The van der Waals surface area contributed by atoms with Crippen LogP contribution in [0.1, 0.15) is 51.9 Å². The second-order valence-electron chi connectivity index (χ2n) is 4.63. The lowest BCUT2D eigenvalue weighted by atomic mass is 10.1. The molecular formula is C14H21Br2NO. The maximum absolute atomic E-state index is 11.8. The van der Waals surface area contributed by atoms with Crippen molar-refractivity contribution in [3.05, 3.63) is 31.6 Å². The number of rotatable bonds is 8. The Morgan fingerprint density at radius 3 is 2.33 bits per heavy atom. The van der Waals surface area contributed by atoms with Gasteiger partial charge in [-0.25, -0.2) is 0 Å². The summed E-state index contributed by atoms with van der Waals surface area (Å²) in [6.45, 7) is 3.04. The highest BCUT2D eigenvalue weighted by atomic mass is 79.9. The van der Waals surface area contributed by atoms with Gasteiger partial charge in [0, 0.05) is 17.2 Å². The van der Waals surface area contributed by atoms with Gasteiger partial charge in [0.1, 0.15) is 0 Å². The fourth-order valence-corrected chi connectivity index (χ4v) is 3.23. The number of unbranched alkanes of at least 4 members (excludes halogenated alkanes) is 6. The topological polar surface area (TPSA) is 22.0 Å². The summed E-state index contributed by atoms with van der Waals surface area (Å²) < 4.78 is 3.34. The molecule has 1 aromatic heterocycles. The number of hydrogen-bond acceptors (Lipinski definition) is 1. The van der Waals surface area contributed by atoms with E-state index in [2.05, 4.69) is 38.8 Å². The number of pyridine rings is 1. The van der Waals surface area contributed by atoms with Crippen LogP contribution in [0.4, 0.5) is 0 Å². The Morgan fingerprint density at radius 2 is 1.67 bits per heavy atom. The minimum absolute atomic E-state index is 0.0594. The van der Waals surface area contributed by atoms with Crippen molar-refractivity contribution in [3.63, 3.8) is 0 Å². The SMILES string of the molecule is CCCCCCCCCn1cc(Br)cc(Br)c1=O.